The summed E-state index contributed by atoms with van der Waals surface area (Å²) in [5.41, 5.74) is 0. The van der Waals surface area contributed by atoms with E-state index in [1.807, 2.05) is 6.08 Å². The van der Waals surface area contributed by atoms with Gasteiger partial charge in [-0.3, -0.25) is 4.79 Å². The second kappa shape index (κ2) is 52.3. The molecule has 2 aliphatic heterocycles. The molecule has 2 rings (SSSR count). The zero-order valence-electron chi connectivity index (χ0n) is 51.3. The summed E-state index contributed by atoms with van der Waals surface area (Å²) in [6.45, 7) is 2.69. The lowest BCUT2D eigenvalue weighted by atomic mass is 9.97. The molecule has 9 N–H and O–H groups in total. The highest BCUT2D eigenvalue weighted by Crippen LogP contribution is 2.30. The van der Waals surface area contributed by atoms with Crippen molar-refractivity contribution in [1.29, 1.82) is 0 Å². The molecule has 2 fully saturated rings. The molecule has 2 heterocycles. The lowest BCUT2D eigenvalue weighted by Crippen LogP contribution is -2.65. The van der Waals surface area contributed by atoms with Gasteiger partial charge in [0.05, 0.1) is 32.0 Å². The average Bonchev–Trinajstić information content (AvgIpc) is 3.47. The number of allylic oxidation sites excluding steroid dienone is 7. The molecule has 0 radical (unpaired) electrons. The molecular weight excluding hydrogens is 1030 g/mol. The molecule has 14 heteroatoms. The molecule has 474 valence electrons. The van der Waals surface area contributed by atoms with Crippen molar-refractivity contribution in [2.45, 2.75) is 351 Å². The van der Waals surface area contributed by atoms with Crippen LogP contribution in [0.15, 0.2) is 48.6 Å². The van der Waals surface area contributed by atoms with Crippen molar-refractivity contribution in [3.05, 3.63) is 48.6 Å². The van der Waals surface area contributed by atoms with Crippen LogP contribution in [0.3, 0.4) is 0 Å². The fourth-order valence-electron chi connectivity index (χ4n) is 11.0. The Kier molecular flexibility index (Phi) is 48.5. The van der Waals surface area contributed by atoms with E-state index in [0.717, 1.165) is 70.6 Å². The number of ether oxygens (including phenoxy) is 4. The Morgan fingerprint density at radius 3 is 1.31 bits per heavy atom. The second-order valence-electron chi connectivity index (χ2n) is 23.6. The molecule has 0 saturated carbocycles. The van der Waals surface area contributed by atoms with Crippen LogP contribution in [-0.2, 0) is 23.7 Å². The molecule has 0 spiro atoms. The number of carbonyl (C=O) groups is 1. The van der Waals surface area contributed by atoms with E-state index in [0.29, 0.717) is 6.42 Å². The van der Waals surface area contributed by atoms with Crippen LogP contribution in [-0.4, -0.2) is 140 Å². The van der Waals surface area contributed by atoms with Crippen LogP contribution in [0.5, 0.6) is 0 Å². The number of nitrogens with one attached hydrogen (secondary N) is 1. The highest BCUT2D eigenvalue weighted by atomic mass is 16.7. The Bertz CT molecular complexity index is 1540. The van der Waals surface area contributed by atoms with Crippen molar-refractivity contribution in [3.8, 4) is 0 Å². The molecule has 2 saturated heterocycles. The smallest absolute Gasteiger partial charge is 0.220 e. The van der Waals surface area contributed by atoms with Gasteiger partial charge in [0.15, 0.2) is 12.6 Å². The van der Waals surface area contributed by atoms with E-state index < -0.39 is 86.8 Å². The Balaban J connectivity index is 1.66. The molecule has 0 aromatic rings. The zero-order chi connectivity index (χ0) is 58.8. The Morgan fingerprint density at radius 1 is 0.457 bits per heavy atom. The number of rotatable bonds is 54. The molecular formula is C67H123NO13. The monoisotopic (exact) mass is 1150 g/mol. The van der Waals surface area contributed by atoms with Gasteiger partial charge in [-0.1, -0.05) is 268 Å². The quantitative estimate of drug-likeness (QED) is 0.0204. The van der Waals surface area contributed by atoms with Crippen LogP contribution >= 0.6 is 0 Å². The van der Waals surface area contributed by atoms with E-state index >= 15 is 0 Å². The first-order chi connectivity index (χ1) is 39.6. The lowest BCUT2D eigenvalue weighted by molar-refractivity contribution is -0.359. The van der Waals surface area contributed by atoms with E-state index in [1.54, 1.807) is 6.08 Å². The predicted molar refractivity (Wildman–Crippen MR) is 327 cm³/mol. The van der Waals surface area contributed by atoms with Crippen LogP contribution in [0.4, 0.5) is 0 Å². The van der Waals surface area contributed by atoms with Gasteiger partial charge in [0.2, 0.25) is 5.91 Å². The fraction of sp³-hybridized carbons (Fsp3) is 0.866. The van der Waals surface area contributed by atoms with E-state index in [1.165, 1.54) is 180 Å². The van der Waals surface area contributed by atoms with Gasteiger partial charge in [-0.2, -0.15) is 0 Å². The summed E-state index contributed by atoms with van der Waals surface area (Å²) in [5.74, 6) is -0.255. The number of unbranched alkanes of at least 4 members (excludes halogenated alkanes) is 35. The third-order valence-corrected chi connectivity index (χ3v) is 16.3. The van der Waals surface area contributed by atoms with Gasteiger partial charge in [0.1, 0.15) is 48.8 Å². The predicted octanol–water partition coefficient (Wildman–Crippen LogP) is 12.7. The molecule has 0 aliphatic carbocycles. The van der Waals surface area contributed by atoms with Gasteiger partial charge in [-0.05, 0) is 51.4 Å². The van der Waals surface area contributed by atoms with Gasteiger partial charge in [0, 0.05) is 6.42 Å². The third-order valence-electron chi connectivity index (χ3n) is 16.3. The molecule has 81 heavy (non-hydrogen) atoms. The molecule has 0 aromatic heterocycles. The number of hydrogen-bond donors (Lipinski definition) is 9. The number of aliphatic hydroxyl groups excluding tert-OH is 8. The first kappa shape index (κ1) is 75.0. The van der Waals surface area contributed by atoms with E-state index in [4.69, 9.17) is 18.9 Å². The highest BCUT2D eigenvalue weighted by molar-refractivity contribution is 5.76. The number of hydrogen-bond acceptors (Lipinski definition) is 13. The average molecular weight is 1150 g/mol. The second-order valence-corrected chi connectivity index (χ2v) is 23.6. The Labute approximate surface area is 493 Å². The largest absolute Gasteiger partial charge is 0.394 e. The number of aliphatic hydroxyl groups is 8. The summed E-state index contributed by atoms with van der Waals surface area (Å²) in [6.07, 6.45) is 50.4. The van der Waals surface area contributed by atoms with Crippen LogP contribution in [0.25, 0.3) is 0 Å². The van der Waals surface area contributed by atoms with Gasteiger partial charge in [0.25, 0.3) is 0 Å². The fourth-order valence-corrected chi connectivity index (χ4v) is 11.0. The maximum Gasteiger partial charge on any atom is 0.220 e. The van der Waals surface area contributed by atoms with E-state index in [9.17, 15) is 45.6 Å². The first-order valence-corrected chi connectivity index (χ1v) is 33.4. The topological polar surface area (TPSA) is 228 Å². The minimum absolute atomic E-state index is 0.255. The maximum atomic E-state index is 13.3. The normalized spacial score (nSPS) is 24.4. The summed E-state index contributed by atoms with van der Waals surface area (Å²) in [5, 5.41) is 87.2. The summed E-state index contributed by atoms with van der Waals surface area (Å²) in [7, 11) is 0. The molecule has 12 unspecified atom stereocenters. The number of carbonyl (C=O) groups excluding carboxylic acids is 1. The zero-order valence-corrected chi connectivity index (χ0v) is 51.3. The van der Waals surface area contributed by atoms with Crippen LogP contribution in [0.2, 0.25) is 0 Å². The highest BCUT2D eigenvalue weighted by Gasteiger charge is 2.51. The van der Waals surface area contributed by atoms with Gasteiger partial charge >= 0.3 is 0 Å². The molecule has 2 aliphatic rings. The molecule has 0 aromatic carbocycles. The van der Waals surface area contributed by atoms with Crippen LogP contribution < -0.4 is 5.32 Å². The number of amides is 1. The van der Waals surface area contributed by atoms with Crippen molar-refractivity contribution in [2.75, 3.05) is 19.8 Å². The molecule has 14 nitrogen and oxygen atoms in total. The van der Waals surface area contributed by atoms with Crippen molar-refractivity contribution >= 4 is 5.91 Å². The Hall–Kier alpha value is -2.05. The standard InChI is InChI=1S/C67H123NO13/c1-3-5-7-9-11-13-15-17-19-20-21-22-23-24-25-26-27-28-29-30-31-32-33-34-35-37-38-40-42-44-46-48-50-56(71)55(68-59(72)51-49-47-45-43-41-39-36-18-16-14-12-10-8-6-4-2)54-78-66-64(77)62(75)65(58(53-70)80-66)81-67-63(76)61(74)60(73)57(52-69)79-67/h6,8,12,14,18,36,48,50,55-58,60-67,69-71,73-77H,3-5,7,9-11,13,15-17,19-35,37-47,49,51-54H2,1-2H3,(H,68,72)/b8-6-,14-12-,36-18-,50-48+. The van der Waals surface area contributed by atoms with Crippen LogP contribution in [0.1, 0.15) is 277 Å². The van der Waals surface area contributed by atoms with Gasteiger partial charge in [-0.15, -0.1) is 0 Å². The van der Waals surface area contributed by atoms with E-state index in [-0.39, 0.29) is 18.9 Å². The summed E-state index contributed by atoms with van der Waals surface area (Å²) in [4.78, 5) is 13.3. The first-order valence-electron chi connectivity index (χ1n) is 33.4. The minimum atomic E-state index is -1.79. The van der Waals surface area contributed by atoms with Crippen molar-refractivity contribution in [2.24, 2.45) is 0 Å². The van der Waals surface area contributed by atoms with Crippen molar-refractivity contribution in [3.63, 3.8) is 0 Å². The SMILES string of the molecule is CC/C=C\C/C=C\C/C=C\CCCCCCCC(=O)NC(COC1OC(CO)C(OC2OC(CO)C(O)C(O)C2O)C(O)C1O)C(O)/C=C/CCCCCCCCCCCCCCCCCCCCCCCCCCCCCCCC. The van der Waals surface area contributed by atoms with E-state index in [2.05, 4.69) is 55.6 Å². The summed E-state index contributed by atoms with van der Waals surface area (Å²) >= 11 is 0. The van der Waals surface area contributed by atoms with Gasteiger partial charge < -0.3 is 65.1 Å². The third kappa shape index (κ3) is 37.2. The molecule has 1 amide bonds. The summed E-state index contributed by atoms with van der Waals surface area (Å²) < 4.78 is 22.8. The molecule has 12 atom stereocenters. The van der Waals surface area contributed by atoms with Gasteiger partial charge in [-0.25, -0.2) is 0 Å². The molecule has 0 bridgehead atoms. The Morgan fingerprint density at radius 2 is 0.852 bits per heavy atom. The maximum absolute atomic E-state index is 13.3. The van der Waals surface area contributed by atoms with Crippen molar-refractivity contribution < 1.29 is 64.6 Å². The summed E-state index contributed by atoms with van der Waals surface area (Å²) in [6, 6.07) is -0.926. The van der Waals surface area contributed by atoms with Crippen LogP contribution in [0, 0.1) is 0 Å². The van der Waals surface area contributed by atoms with Crippen molar-refractivity contribution in [1.82, 2.24) is 5.32 Å². The minimum Gasteiger partial charge on any atom is -0.394 e. The lowest BCUT2D eigenvalue weighted by Gasteiger charge is -2.46.